The van der Waals surface area contributed by atoms with Gasteiger partial charge in [-0.15, -0.1) is 0 Å². The number of alkyl halides is 2. The van der Waals surface area contributed by atoms with Gasteiger partial charge in [-0.3, -0.25) is 9.35 Å². The molecule has 0 spiro atoms. The molecule has 1 N–H and O–H groups in total. The van der Waals surface area contributed by atoms with Gasteiger partial charge in [-0.05, 0) is 0 Å². The van der Waals surface area contributed by atoms with E-state index in [9.17, 15) is 26.8 Å². The third-order valence-corrected chi connectivity index (χ3v) is 4.78. The highest BCUT2D eigenvalue weighted by Crippen LogP contribution is 2.48. The van der Waals surface area contributed by atoms with Gasteiger partial charge < -0.3 is 14.2 Å². The van der Waals surface area contributed by atoms with Gasteiger partial charge in [0.2, 0.25) is 0 Å². The van der Waals surface area contributed by atoms with Crippen LogP contribution < -0.4 is 0 Å². The lowest BCUT2D eigenvalue weighted by atomic mass is 9.80. The van der Waals surface area contributed by atoms with Crippen molar-refractivity contribution in [3.8, 4) is 0 Å². The third-order valence-electron chi connectivity index (χ3n) is 3.97. The molecule has 8 nitrogen and oxygen atoms in total. The molecule has 21 heavy (non-hydrogen) atoms. The molecule has 5 atom stereocenters. The summed E-state index contributed by atoms with van der Waals surface area (Å²) < 4.78 is 70.1. The molecule has 3 rings (SSSR count). The summed E-state index contributed by atoms with van der Waals surface area (Å²) in [6.07, 6.45) is -2.52. The number of hydrogen-bond acceptors (Lipinski definition) is 7. The lowest BCUT2D eigenvalue weighted by molar-refractivity contribution is -0.172. The van der Waals surface area contributed by atoms with E-state index < -0.39 is 51.5 Å². The largest absolute Gasteiger partial charge is 0.465 e. The molecular weight excluding hydrogens is 318 g/mol. The lowest BCUT2D eigenvalue weighted by Crippen LogP contribution is -2.45. The molecular formula is C10H10F2O8S. The van der Waals surface area contributed by atoms with Crippen LogP contribution in [0.5, 0.6) is 0 Å². The molecule has 3 saturated heterocycles. The molecule has 0 amide bonds. The van der Waals surface area contributed by atoms with Crippen LogP contribution in [0, 0.1) is 11.8 Å². The first-order chi connectivity index (χ1) is 9.63. The number of rotatable bonds is 3. The quantitative estimate of drug-likeness (QED) is 0.536. The van der Waals surface area contributed by atoms with Gasteiger partial charge in [0, 0.05) is 12.3 Å². The van der Waals surface area contributed by atoms with Crippen LogP contribution in [0.25, 0.3) is 0 Å². The summed E-state index contributed by atoms with van der Waals surface area (Å²) in [5.41, 5.74) is 0. The lowest BCUT2D eigenvalue weighted by Gasteiger charge is -2.25. The molecule has 2 bridgehead atoms. The summed E-state index contributed by atoms with van der Waals surface area (Å²) in [5.74, 6) is -3.87. The zero-order chi connectivity index (χ0) is 15.6. The van der Waals surface area contributed by atoms with E-state index in [1.165, 1.54) is 0 Å². The molecule has 3 aliphatic rings. The molecule has 118 valence electrons. The van der Waals surface area contributed by atoms with Gasteiger partial charge in [0.25, 0.3) is 0 Å². The summed E-state index contributed by atoms with van der Waals surface area (Å²) in [6, 6.07) is 0. The smallest absolute Gasteiger partial charge is 0.465 e. The van der Waals surface area contributed by atoms with Crippen LogP contribution in [0.4, 0.5) is 8.78 Å². The standard InChI is InChI=1S/C10H10F2O8S/c11-10(12,21(15,16)17)9(14)20-5-1-4-3-2-18-8(13)6(3)7(5)19-4/h3-7H,1-2H2,(H,15,16,17). The molecule has 11 heteroatoms. The van der Waals surface area contributed by atoms with Crippen molar-refractivity contribution >= 4 is 22.1 Å². The highest BCUT2D eigenvalue weighted by atomic mass is 32.2. The summed E-state index contributed by atoms with van der Waals surface area (Å²) in [5, 5.41) is -5.07. The number of ether oxygens (including phenoxy) is 3. The zero-order valence-electron chi connectivity index (χ0n) is 10.3. The molecule has 3 aliphatic heterocycles. The van der Waals surface area contributed by atoms with E-state index in [0.717, 1.165) is 0 Å². The van der Waals surface area contributed by atoms with Crippen molar-refractivity contribution in [3.05, 3.63) is 0 Å². The Kier molecular flexibility index (Phi) is 3.01. The van der Waals surface area contributed by atoms with E-state index in [1.807, 2.05) is 0 Å². The number of esters is 2. The normalized spacial score (nSPS) is 38.2. The van der Waals surface area contributed by atoms with Crippen LogP contribution in [0.15, 0.2) is 0 Å². The van der Waals surface area contributed by atoms with Crippen molar-refractivity contribution in [3.63, 3.8) is 0 Å². The molecule has 0 aromatic heterocycles. The maximum atomic E-state index is 13.1. The van der Waals surface area contributed by atoms with E-state index >= 15 is 0 Å². The Labute approximate surface area is 117 Å². The van der Waals surface area contributed by atoms with Crippen LogP contribution in [-0.2, 0) is 33.9 Å². The van der Waals surface area contributed by atoms with Gasteiger partial charge in [0.1, 0.15) is 12.2 Å². The second kappa shape index (κ2) is 4.34. The monoisotopic (exact) mass is 328 g/mol. The molecule has 3 fully saturated rings. The Hall–Kier alpha value is -1.33. The van der Waals surface area contributed by atoms with E-state index in [1.54, 1.807) is 0 Å². The van der Waals surface area contributed by atoms with Crippen molar-refractivity contribution in [1.29, 1.82) is 0 Å². The fourth-order valence-corrected chi connectivity index (χ4v) is 3.25. The topological polar surface area (TPSA) is 116 Å². The Balaban J connectivity index is 1.73. The van der Waals surface area contributed by atoms with Crippen LogP contribution in [-0.4, -0.2) is 55.1 Å². The summed E-state index contributed by atoms with van der Waals surface area (Å²) in [6.45, 7) is 0.159. The van der Waals surface area contributed by atoms with Crippen LogP contribution in [0.3, 0.4) is 0 Å². The maximum Gasteiger partial charge on any atom is 0.465 e. The predicted octanol–water partition coefficient (Wildman–Crippen LogP) is -0.661. The van der Waals surface area contributed by atoms with E-state index in [-0.39, 0.29) is 18.9 Å². The van der Waals surface area contributed by atoms with Crippen molar-refractivity contribution in [2.45, 2.75) is 30.0 Å². The fraction of sp³-hybridized carbons (Fsp3) is 0.800. The van der Waals surface area contributed by atoms with E-state index in [0.29, 0.717) is 0 Å². The van der Waals surface area contributed by atoms with Gasteiger partial charge in [-0.25, -0.2) is 4.79 Å². The number of carbonyl (C=O) groups is 2. The minimum Gasteiger partial charge on any atom is -0.465 e. The van der Waals surface area contributed by atoms with Gasteiger partial charge in [-0.1, -0.05) is 0 Å². The molecule has 0 aromatic rings. The first-order valence-corrected chi connectivity index (χ1v) is 7.45. The Morgan fingerprint density at radius 2 is 2.10 bits per heavy atom. The average Bonchev–Trinajstić information content (AvgIpc) is 3.00. The summed E-state index contributed by atoms with van der Waals surface area (Å²) in [7, 11) is -5.92. The third kappa shape index (κ3) is 2.02. The second-order valence-corrected chi connectivity index (χ2v) is 6.59. The first-order valence-electron chi connectivity index (χ1n) is 6.01. The maximum absolute atomic E-state index is 13.1. The Bertz CT molecular complexity index is 602. The second-order valence-electron chi connectivity index (χ2n) is 5.13. The average molecular weight is 328 g/mol. The number of carbonyl (C=O) groups excluding carboxylic acids is 2. The number of halogens is 2. The minimum atomic E-state index is -5.92. The van der Waals surface area contributed by atoms with E-state index in [4.69, 9.17) is 14.0 Å². The Morgan fingerprint density at radius 3 is 2.71 bits per heavy atom. The van der Waals surface area contributed by atoms with Crippen molar-refractivity contribution in [2.75, 3.05) is 6.61 Å². The van der Waals surface area contributed by atoms with Crippen LogP contribution >= 0.6 is 0 Å². The van der Waals surface area contributed by atoms with Gasteiger partial charge in [-0.2, -0.15) is 17.2 Å². The SMILES string of the molecule is O=C1OCC2C3CC(OC(=O)C(F)(F)S(=O)(=O)O)C(O3)C12. The summed E-state index contributed by atoms with van der Waals surface area (Å²) in [4.78, 5) is 22.7. The van der Waals surface area contributed by atoms with Crippen molar-refractivity contribution < 1.29 is 45.6 Å². The molecule has 3 heterocycles. The predicted molar refractivity (Wildman–Crippen MR) is 57.6 cm³/mol. The minimum absolute atomic E-state index is 0.0652. The highest BCUT2D eigenvalue weighted by Gasteiger charge is 2.63. The number of fused-ring (bicyclic) bond motifs is 5. The van der Waals surface area contributed by atoms with Gasteiger partial charge in [0.15, 0.2) is 0 Å². The highest BCUT2D eigenvalue weighted by molar-refractivity contribution is 7.87. The first kappa shape index (κ1) is 14.6. The van der Waals surface area contributed by atoms with E-state index in [2.05, 4.69) is 4.74 Å². The molecule has 0 saturated carbocycles. The molecule has 5 unspecified atom stereocenters. The van der Waals surface area contributed by atoms with Crippen molar-refractivity contribution in [2.24, 2.45) is 11.8 Å². The number of cyclic esters (lactones) is 1. The Morgan fingerprint density at radius 1 is 1.43 bits per heavy atom. The summed E-state index contributed by atoms with van der Waals surface area (Å²) >= 11 is 0. The van der Waals surface area contributed by atoms with Crippen LogP contribution in [0.2, 0.25) is 0 Å². The van der Waals surface area contributed by atoms with Gasteiger partial charge >= 0.3 is 27.3 Å². The molecule has 0 aromatic carbocycles. The number of hydrogen-bond donors (Lipinski definition) is 1. The van der Waals surface area contributed by atoms with Crippen LogP contribution in [0.1, 0.15) is 6.42 Å². The van der Waals surface area contributed by atoms with Gasteiger partial charge in [0.05, 0.1) is 18.6 Å². The molecule has 0 aliphatic carbocycles. The zero-order valence-corrected chi connectivity index (χ0v) is 11.1. The van der Waals surface area contributed by atoms with Crippen molar-refractivity contribution in [1.82, 2.24) is 0 Å². The molecule has 0 radical (unpaired) electrons. The fourth-order valence-electron chi connectivity index (χ4n) is 3.00.